The molecule has 0 fully saturated rings. The van der Waals surface area contributed by atoms with Crippen LogP contribution in [0.15, 0.2) is 55.1 Å². The third-order valence-corrected chi connectivity index (χ3v) is 4.49. The Morgan fingerprint density at radius 2 is 1.83 bits per heavy atom. The van der Waals surface area contributed by atoms with Gasteiger partial charge >= 0.3 is 5.97 Å². The Kier molecular flexibility index (Phi) is 8.78. The number of carbonyl (C=O) groups is 1. The van der Waals surface area contributed by atoms with Crippen molar-refractivity contribution in [3.05, 3.63) is 66.2 Å². The van der Waals surface area contributed by atoms with Crippen LogP contribution >= 0.6 is 0 Å². The third-order valence-electron chi connectivity index (χ3n) is 4.49. The summed E-state index contributed by atoms with van der Waals surface area (Å²) in [6, 6.07) is 13.5. The molecule has 2 rings (SSSR count). The summed E-state index contributed by atoms with van der Waals surface area (Å²) < 4.78 is 22.4. The van der Waals surface area contributed by atoms with E-state index in [1.54, 1.807) is 21.0 Å². The molecule has 5 heteroatoms. The van der Waals surface area contributed by atoms with Gasteiger partial charge in [-0.2, -0.15) is 0 Å². The third kappa shape index (κ3) is 7.14. The molecule has 0 bridgehead atoms. The van der Waals surface area contributed by atoms with Gasteiger partial charge in [-0.3, -0.25) is 0 Å². The summed E-state index contributed by atoms with van der Waals surface area (Å²) in [6.45, 7) is 9.98. The minimum atomic E-state index is -1.05. The van der Waals surface area contributed by atoms with Crippen molar-refractivity contribution in [3.63, 3.8) is 0 Å². The van der Waals surface area contributed by atoms with Gasteiger partial charge in [0.1, 0.15) is 5.75 Å². The largest absolute Gasteiger partial charge is 0.493 e. The lowest BCUT2D eigenvalue weighted by molar-refractivity contribution is -0.159. The van der Waals surface area contributed by atoms with Gasteiger partial charge in [-0.05, 0) is 75.4 Å². The summed E-state index contributed by atoms with van der Waals surface area (Å²) in [5.41, 5.74) is 1.14. The first-order chi connectivity index (χ1) is 14.4. The molecule has 2 aromatic rings. The van der Waals surface area contributed by atoms with Gasteiger partial charge in [0.2, 0.25) is 0 Å². The van der Waals surface area contributed by atoms with E-state index in [1.165, 1.54) is 0 Å². The number of hydrogen-bond acceptors (Lipinski definition) is 5. The van der Waals surface area contributed by atoms with Gasteiger partial charge in [0.25, 0.3) is 0 Å². The highest BCUT2D eigenvalue weighted by molar-refractivity contribution is 5.79. The van der Waals surface area contributed by atoms with Gasteiger partial charge in [-0.1, -0.05) is 24.3 Å². The number of rotatable bonds is 12. The van der Waals surface area contributed by atoms with Crippen LogP contribution in [0.1, 0.15) is 37.8 Å². The van der Waals surface area contributed by atoms with E-state index >= 15 is 0 Å². The summed E-state index contributed by atoms with van der Waals surface area (Å²) in [6.07, 6.45) is 4.09. The van der Waals surface area contributed by atoms with Crippen molar-refractivity contribution in [1.82, 2.24) is 0 Å². The number of benzene rings is 2. The number of hydrogen-bond donors (Lipinski definition) is 0. The molecule has 0 radical (unpaired) electrons. The van der Waals surface area contributed by atoms with E-state index in [9.17, 15) is 4.79 Å². The zero-order valence-electron chi connectivity index (χ0n) is 18.4. The van der Waals surface area contributed by atoms with Gasteiger partial charge < -0.3 is 18.9 Å². The van der Waals surface area contributed by atoms with Crippen LogP contribution in [0, 0.1) is 6.92 Å². The van der Waals surface area contributed by atoms with E-state index in [-0.39, 0.29) is 5.97 Å². The van der Waals surface area contributed by atoms with E-state index in [4.69, 9.17) is 18.9 Å². The predicted molar refractivity (Wildman–Crippen MR) is 118 cm³/mol. The van der Waals surface area contributed by atoms with Crippen LogP contribution in [0.3, 0.4) is 0 Å². The standard InChI is InChI=1S/C25H32O5/c1-6-10-20-13-14-22(23(18-20)27-5)28-15-7-8-16-29-24(26)25(3,4)30-21-12-9-11-19(2)17-21/h6,9,11-14,17-18H,1,7-8,10,15-16H2,2-5H3. The molecular formula is C25H32O5. The molecule has 0 spiro atoms. The molecule has 30 heavy (non-hydrogen) atoms. The second kappa shape index (κ2) is 11.3. The number of ether oxygens (including phenoxy) is 4. The Hall–Kier alpha value is -2.95. The Bertz CT molecular complexity index is 841. The fourth-order valence-corrected chi connectivity index (χ4v) is 2.86. The van der Waals surface area contributed by atoms with Gasteiger partial charge in [0.05, 0.1) is 20.3 Å². The topological polar surface area (TPSA) is 54.0 Å². The smallest absolute Gasteiger partial charge is 0.349 e. The maximum atomic E-state index is 12.4. The van der Waals surface area contributed by atoms with Crippen molar-refractivity contribution < 1.29 is 23.7 Å². The SMILES string of the molecule is C=CCc1ccc(OCCCCOC(=O)C(C)(C)Oc2cccc(C)c2)c(OC)c1. The molecule has 0 aliphatic heterocycles. The number of methoxy groups -OCH3 is 1. The molecule has 2 aromatic carbocycles. The second-order valence-corrected chi connectivity index (χ2v) is 7.60. The van der Waals surface area contributed by atoms with Gasteiger partial charge in [-0.15, -0.1) is 6.58 Å². The molecule has 5 nitrogen and oxygen atoms in total. The summed E-state index contributed by atoms with van der Waals surface area (Å²) in [5.74, 6) is 1.67. The van der Waals surface area contributed by atoms with E-state index in [0.717, 1.165) is 24.0 Å². The molecule has 0 aliphatic carbocycles. The minimum absolute atomic E-state index is 0.318. The Morgan fingerprint density at radius 3 is 2.53 bits per heavy atom. The highest BCUT2D eigenvalue weighted by Gasteiger charge is 2.31. The monoisotopic (exact) mass is 412 g/mol. The van der Waals surface area contributed by atoms with E-state index < -0.39 is 5.60 Å². The molecule has 0 aliphatic rings. The number of aryl methyl sites for hydroxylation is 1. The quantitative estimate of drug-likeness (QED) is 0.269. The molecule has 0 amide bonds. The van der Waals surface area contributed by atoms with E-state index in [0.29, 0.717) is 36.9 Å². The molecule has 0 N–H and O–H groups in total. The minimum Gasteiger partial charge on any atom is -0.493 e. The maximum Gasteiger partial charge on any atom is 0.349 e. The Labute approximate surface area is 179 Å². The molecule has 0 heterocycles. The summed E-state index contributed by atoms with van der Waals surface area (Å²) >= 11 is 0. The molecule has 0 saturated carbocycles. The molecule has 0 unspecified atom stereocenters. The summed E-state index contributed by atoms with van der Waals surface area (Å²) in [7, 11) is 1.62. The Balaban J connectivity index is 1.72. The molecular weight excluding hydrogens is 380 g/mol. The number of allylic oxidation sites excluding steroid dienone is 1. The van der Waals surface area contributed by atoms with Crippen molar-refractivity contribution in [2.24, 2.45) is 0 Å². The predicted octanol–water partition coefficient (Wildman–Crippen LogP) is 5.29. The van der Waals surface area contributed by atoms with Gasteiger partial charge in [0.15, 0.2) is 17.1 Å². The first-order valence-corrected chi connectivity index (χ1v) is 10.2. The van der Waals surface area contributed by atoms with Crippen LogP contribution in [-0.2, 0) is 16.0 Å². The summed E-state index contributed by atoms with van der Waals surface area (Å²) in [5, 5.41) is 0. The number of unbranched alkanes of at least 4 members (excludes halogenated alkanes) is 1. The highest BCUT2D eigenvalue weighted by Crippen LogP contribution is 2.28. The summed E-state index contributed by atoms with van der Waals surface area (Å²) in [4.78, 5) is 12.4. The van der Waals surface area contributed by atoms with Gasteiger partial charge in [0, 0.05) is 0 Å². The van der Waals surface area contributed by atoms with E-state index in [1.807, 2.05) is 55.5 Å². The van der Waals surface area contributed by atoms with Crippen LogP contribution in [0.25, 0.3) is 0 Å². The molecule has 162 valence electrons. The number of esters is 1. The van der Waals surface area contributed by atoms with Crippen molar-refractivity contribution in [1.29, 1.82) is 0 Å². The fourth-order valence-electron chi connectivity index (χ4n) is 2.86. The normalized spacial score (nSPS) is 10.9. The van der Waals surface area contributed by atoms with Crippen LogP contribution in [0.2, 0.25) is 0 Å². The second-order valence-electron chi connectivity index (χ2n) is 7.60. The molecule has 0 atom stereocenters. The van der Waals surface area contributed by atoms with E-state index in [2.05, 4.69) is 6.58 Å². The lowest BCUT2D eigenvalue weighted by atomic mass is 10.1. The highest BCUT2D eigenvalue weighted by atomic mass is 16.6. The van der Waals surface area contributed by atoms with Crippen molar-refractivity contribution in [2.45, 2.75) is 45.6 Å². The van der Waals surface area contributed by atoms with Crippen molar-refractivity contribution in [2.75, 3.05) is 20.3 Å². The van der Waals surface area contributed by atoms with Crippen LogP contribution in [0.4, 0.5) is 0 Å². The van der Waals surface area contributed by atoms with Crippen molar-refractivity contribution in [3.8, 4) is 17.2 Å². The van der Waals surface area contributed by atoms with Gasteiger partial charge in [-0.25, -0.2) is 4.79 Å². The molecule has 0 saturated heterocycles. The van der Waals surface area contributed by atoms with Crippen LogP contribution < -0.4 is 14.2 Å². The zero-order valence-corrected chi connectivity index (χ0v) is 18.4. The average molecular weight is 413 g/mol. The Morgan fingerprint density at radius 1 is 1.07 bits per heavy atom. The maximum absolute atomic E-state index is 12.4. The zero-order chi connectivity index (χ0) is 22.0. The fraction of sp³-hybridized carbons (Fsp3) is 0.400. The number of carbonyl (C=O) groups excluding carboxylic acids is 1. The van der Waals surface area contributed by atoms with Crippen LogP contribution in [-0.4, -0.2) is 31.9 Å². The lowest BCUT2D eigenvalue weighted by Crippen LogP contribution is -2.39. The molecule has 0 aromatic heterocycles. The van der Waals surface area contributed by atoms with Crippen molar-refractivity contribution >= 4 is 5.97 Å². The lowest BCUT2D eigenvalue weighted by Gasteiger charge is -2.24. The first kappa shape index (κ1) is 23.3. The van der Waals surface area contributed by atoms with Crippen LogP contribution in [0.5, 0.6) is 17.2 Å². The first-order valence-electron chi connectivity index (χ1n) is 10.2. The average Bonchev–Trinajstić information content (AvgIpc) is 2.71.